The number of nitrogens with zero attached hydrogens (tertiary/aromatic N) is 2. The molecule has 14 heteroatoms. The van der Waals surface area contributed by atoms with E-state index in [2.05, 4.69) is 33.2 Å². The molecule has 1 aliphatic heterocycles. The molecule has 2 heterocycles. The lowest BCUT2D eigenvalue weighted by atomic mass is 10.1. The first kappa shape index (κ1) is 25.1. The van der Waals surface area contributed by atoms with Crippen LogP contribution in [0.4, 0.5) is 0 Å². The summed E-state index contributed by atoms with van der Waals surface area (Å²) in [5.74, 6) is -4.08. The molecule has 0 radical (unpaired) electrons. The van der Waals surface area contributed by atoms with Gasteiger partial charge in [0.1, 0.15) is 18.1 Å². The Hall–Kier alpha value is -3.13. The first-order valence-corrected chi connectivity index (χ1v) is 10.5. The topological polar surface area (TPSA) is 214 Å². The van der Waals surface area contributed by atoms with Crippen molar-refractivity contribution in [2.45, 2.75) is 49.9 Å². The second-order valence-corrected chi connectivity index (χ2v) is 7.76. The molecular weight excluding hydrogens is 442 g/mol. The maximum atomic E-state index is 13.1. The van der Waals surface area contributed by atoms with E-state index in [1.807, 2.05) is 0 Å². The van der Waals surface area contributed by atoms with Gasteiger partial charge in [-0.05, 0) is 12.8 Å². The zero-order chi connectivity index (χ0) is 23.8. The summed E-state index contributed by atoms with van der Waals surface area (Å²) in [7, 11) is 0. The van der Waals surface area contributed by atoms with Gasteiger partial charge in [0.05, 0.1) is 18.8 Å². The van der Waals surface area contributed by atoms with Crippen LogP contribution in [0.5, 0.6) is 0 Å². The van der Waals surface area contributed by atoms with Crippen molar-refractivity contribution in [1.82, 2.24) is 25.5 Å². The van der Waals surface area contributed by atoms with E-state index in [0.717, 1.165) is 0 Å². The normalized spacial score (nSPS) is 18.4. The zero-order valence-electron chi connectivity index (χ0n) is 17.2. The molecule has 1 aromatic rings. The van der Waals surface area contributed by atoms with E-state index in [1.165, 1.54) is 17.4 Å². The Bertz CT molecular complexity index is 849. The van der Waals surface area contributed by atoms with Crippen LogP contribution in [0.1, 0.15) is 25.0 Å². The average molecular weight is 470 g/mol. The SMILES string of the molecule is NC(=O)CC(NC(=O)C(N)CS)C(=O)N1CCCC1C(=O)NC(Cc1cnc[nH]1)C(=O)O. The van der Waals surface area contributed by atoms with E-state index in [4.69, 9.17) is 11.5 Å². The fraction of sp³-hybridized carbons (Fsp3) is 0.556. The average Bonchev–Trinajstić information content (AvgIpc) is 3.43. The molecule has 4 unspecified atom stereocenters. The maximum absolute atomic E-state index is 13.1. The third kappa shape index (κ3) is 6.68. The van der Waals surface area contributed by atoms with Crippen LogP contribution >= 0.6 is 12.6 Å². The van der Waals surface area contributed by atoms with Crippen molar-refractivity contribution in [1.29, 1.82) is 0 Å². The van der Waals surface area contributed by atoms with Gasteiger partial charge >= 0.3 is 5.97 Å². The number of H-pyrrole nitrogens is 1. The van der Waals surface area contributed by atoms with E-state index >= 15 is 0 Å². The number of nitrogens with two attached hydrogens (primary N) is 2. The lowest BCUT2D eigenvalue weighted by Crippen LogP contribution is -2.57. The van der Waals surface area contributed by atoms with E-state index in [-0.39, 0.29) is 18.7 Å². The van der Waals surface area contributed by atoms with Crippen LogP contribution in [0.2, 0.25) is 0 Å². The molecule has 176 valence electrons. The van der Waals surface area contributed by atoms with Crippen LogP contribution < -0.4 is 22.1 Å². The number of carboxylic acids is 1. The van der Waals surface area contributed by atoms with E-state index in [0.29, 0.717) is 18.5 Å². The fourth-order valence-corrected chi connectivity index (χ4v) is 3.52. The Labute approximate surface area is 189 Å². The van der Waals surface area contributed by atoms with Gasteiger partial charge in [-0.1, -0.05) is 0 Å². The number of aromatic nitrogens is 2. The molecule has 0 aromatic carbocycles. The number of likely N-dealkylation sites (tertiary alicyclic amines) is 1. The van der Waals surface area contributed by atoms with Gasteiger partial charge in [-0.3, -0.25) is 19.2 Å². The number of hydrogen-bond donors (Lipinski definition) is 7. The fourth-order valence-electron chi connectivity index (χ4n) is 3.35. The highest BCUT2D eigenvalue weighted by molar-refractivity contribution is 7.80. The second-order valence-electron chi connectivity index (χ2n) is 7.39. The zero-order valence-corrected chi connectivity index (χ0v) is 18.1. The third-order valence-corrected chi connectivity index (χ3v) is 5.38. The van der Waals surface area contributed by atoms with Gasteiger partial charge in [-0.2, -0.15) is 12.6 Å². The molecule has 0 saturated carbocycles. The first-order chi connectivity index (χ1) is 15.1. The summed E-state index contributed by atoms with van der Waals surface area (Å²) >= 11 is 3.93. The molecule has 2 rings (SSSR count). The van der Waals surface area contributed by atoms with Crippen molar-refractivity contribution in [2.75, 3.05) is 12.3 Å². The summed E-state index contributed by atoms with van der Waals surface area (Å²) in [6.07, 6.45) is 3.10. The number of carbonyl (C=O) groups excluding carboxylic acids is 4. The Balaban J connectivity index is 2.12. The minimum absolute atomic E-state index is 0.0188. The number of amides is 4. The van der Waals surface area contributed by atoms with Gasteiger partial charge in [0.15, 0.2) is 0 Å². The molecule has 1 fully saturated rings. The maximum Gasteiger partial charge on any atom is 0.326 e. The minimum atomic E-state index is -1.31. The standard InChI is InChI=1S/C18H27N7O6S/c19-10(7-32)15(27)23-11(5-14(20)26)17(29)25-3-1-2-13(25)16(28)24-12(18(30)31)4-9-6-21-8-22-9/h6,8,10-13,32H,1-5,7,19H2,(H2,20,26)(H,21,22)(H,23,27)(H,24,28)(H,30,31). The van der Waals surface area contributed by atoms with E-state index in [9.17, 15) is 29.1 Å². The number of aromatic amines is 1. The van der Waals surface area contributed by atoms with Crippen LogP contribution in [0.3, 0.4) is 0 Å². The van der Waals surface area contributed by atoms with Gasteiger partial charge in [-0.25, -0.2) is 9.78 Å². The summed E-state index contributed by atoms with van der Waals surface area (Å²) in [5, 5.41) is 14.3. The van der Waals surface area contributed by atoms with Crippen LogP contribution in [-0.2, 0) is 30.4 Å². The number of imidazole rings is 1. The molecule has 0 bridgehead atoms. The van der Waals surface area contributed by atoms with Crippen molar-refractivity contribution >= 4 is 42.2 Å². The van der Waals surface area contributed by atoms with Crippen molar-refractivity contribution in [3.05, 3.63) is 18.2 Å². The molecule has 13 nitrogen and oxygen atoms in total. The minimum Gasteiger partial charge on any atom is -0.480 e. The van der Waals surface area contributed by atoms with Gasteiger partial charge in [0.25, 0.3) is 0 Å². The molecule has 0 spiro atoms. The van der Waals surface area contributed by atoms with Gasteiger partial charge < -0.3 is 37.1 Å². The largest absolute Gasteiger partial charge is 0.480 e. The van der Waals surface area contributed by atoms with Crippen molar-refractivity contribution in [2.24, 2.45) is 11.5 Å². The number of nitrogens with one attached hydrogen (secondary N) is 3. The number of thiol groups is 1. The summed E-state index contributed by atoms with van der Waals surface area (Å²) in [5.41, 5.74) is 11.3. The molecule has 8 N–H and O–H groups in total. The molecule has 32 heavy (non-hydrogen) atoms. The highest BCUT2D eigenvalue weighted by Crippen LogP contribution is 2.20. The lowest BCUT2D eigenvalue weighted by molar-refractivity contribution is -0.145. The Kier molecular flexibility index (Phi) is 9.02. The van der Waals surface area contributed by atoms with Crippen LogP contribution in [0.15, 0.2) is 12.5 Å². The number of carboxylic acid groups (broad SMARTS) is 1. The number of rotatable bonds is 11. The molecular formula is C18H27N7O6S. The predicted octanol–water partition coefficient (Wildman–Crippen LogP) is -2.87. The molecule has 1 aliphatic rings. The third-order valence-electron chi connectivity index (χ3n) is 4.99. The van der Waals surface area contributed by atoms with Gasteiger partial charge in [0.2, 0.25) is 23.6 Å². The monoisotopic (exact) mass is 469 g/mol. The molecule has 0 aliphatic carbocycles. The smallest absolute Gasteiger partial charge is 0.326 e. The number of hydrogen-bond acceptors (Lipinski definition) is 8. The van der Waals surface area contributed by atoms with Crippen LogP contribution in [0.25, 0.3) is 0 Å². The Morgan fingerprint density at radius 1 is 1.28 bits per heavy atom. The van der Waals surface area contributed by atoms with Gasteiger partial charge in [0, 0.05) is 30.6 Å². The Morgan fingerprint density at radius 3 is 2.56 bits per heavy atom. The van der Waals surface area contributed by atoms with Crippen molar-refractivity contribution < 1.29 is 29.1 Å². The van der Waals surface area contributed by atoms with Crippen molar-refractivity contribution in [3.8, 4) is 0 Å². The molecule has 4 atom stereocenters. The molecule has 1 aromatic heterocycles. The Morgan fingerprint density at radius 2 is 2.00 bits per heavy atom. The molecule has 4 amide bonds. The van der Waals surface area contributed by atoms with E-state index < -0.39 is 60.2 Å². The summed E-state index contributed by atoms with van der Waals surface area (Å²) in [4.78, 5) is 68.8. The quantitative estimate of drug-likeness (QED) is 0.167. The van der Waals surface area contributed by atoms with Gasteiger partial charge in [-0.15, -0.1) is 0 Å². The number of aliphatic carboxylic acids is 1. The van der Waals surface area contributed by atoms with Crippen LogP contribution in [0, 0.1) is 0 Å². The van der Waals surface area contributed by atoms with Crippen LogP contribution in [-0.4, -0.2) is 86.0 Å². The van der Waals surface area contributed by atoms with E-state index in [1.54, 1.807) is 0 Å². The second kappa shape index (κ2) is 11.5. The first-order valence-electron chi connectivity index (χ1n) is 9.90. The number of primary amides is 1. The summed E-state index contributed by atoms with van der Waals surface area (Å²) in [6, 6.07) is -4.51. The highest BCUT2D eigenvalue weighted by Gasteiger charge is 2.39. The van der Waals surface area contributed by atoms with Crippen molar-refractivity contribution in [3.63, 3.8) is 0 Å². The summed E-state index contributed by atoms with van der Waals surface area (Å²) in [6.45, 7) is 0.193. The predicted molar refractivity (Wildman–Crippen MR) is 114 cm³/mol. The highest BCUT2D eigenvalue weighted by atomic mass is 32.1. The molecule has 1 saturated heterocycles. The number of carbonyl (C=O) groups is 5. The summed E-state index contributed by atoms with van der Waals surface area (Å²) < 4.78 is 0. The lowest BCUT2D eigenvalue weighted by Gasteiger charge is -2.29.